The standard InChI is InChI=1S/C34H60N2O6S2Si6/c1-45(2,3)39-49(13,40-46(4,5)6)25-17-21-35-31(27-19-15-23-43-27)29-30(33(35)37)32(28-20-16-24-44-28)36(34(29)38)22-18-26-50(14,41-47(7,8)9)42-48(10,11)12/h15-16,19-20,23-24H,17-18,21-22,25-26H2,1-14H3. The molecule has 0 radical (unpaired) electrons. The van der Waals surface area contributed by atoms with E-state index in [1.807, 2.05) is 44.8 Å². The van der Waals surface area contributed by atoms with E-state index in [2.05, 4.69) is 91.7 Å². The summed E-state index contributed by atoms with van der Waals surface area (Å²) in [6.07, 6.45) is 1.48. The molecule has 2 amide bonds. The number of hydrogen-bond donors (Lipinski definition) is 0. The summed E-state index contributed by atoms with van der Waals surface area (Å²) in [7, 11) is -12.4. The highest BCUT2D eigenvalue weighted by molar-refractivity contribution is 7.11. The number of fused-ring (bicyclic) bond motifs is 1. The van der Waals surface area contributed by atoms with Crippen molar-refractivity contribution in [3.05, 3.63) is 55.9 Å². The number of carbonyl (C=O) groups is 2. The second-order valence-electron chi connectivity index (χ2n) is 17.6. The van der Waals surface area contributed by atoms with Gasteiger partial charge in [0.05, 0.1) is 32.3 Å². The Morgan fingerprint density at radius 1 is 0.520 bits per heavy atom. The maximum Gasteiger partial charge on any atom is 0.314 e. The Bertz CT molecular complexity index is 1430. The average molecular weight is 826 g/mol. The smallest absolute Gasteiger partial charge is 0.314 e. The van der Waals surface area contributed by atoms with Gasteiger partial charge in [-0.1, -0.05) is 12.1 Å². The number of amides is 2. The summed E-state index contributed by atoms with van der Waals surface area (Å²) in [5.74, 6) is -0.182. The Labute approximate surface area is 315 Å². The van der Waals surface area contributed by atoms with Gasteiger partial charge in [0.15, 0.2) is 33.3 Å². The summed E-state index contributed by atoms with van der Waals surface area (Å²) in [6.45, 7) is 32.0. The first-order valence-electron chi connectivity index (χ1n) is 17.8. The molecule has 0 fully saturated rings. The van der Waals surface area contributed by atoms with Gasteiger partial charge in [-0.3, -0.25) is 9.59 Å². The Morgan fingerprint density at radius 3 is 1.06 bits per heavy atom. The predicted molar refractivity (Wildman–Crippen MR) is 226 cm³/mol. The molecule has 2 aromatic heterocycles. The van der Waals surface area contributed by atoms with E-state index < -0.39 is 50.4 Å². The van der Waals surface area contributed by atoms with Crippen LogP contribution in [0.4, 0.5) is 0 Å². The van der Waals surface area contributed by atoms with Gasteiger partial charge in [-0.15, -0.1) is 22.7 Å². The molecule has 278 valence electrons. The summed E-state index contributed by atoms with van der Waals surface area (Å²) in [4.78, 5) is 34.9. The monoisotopic (exact) mass is 824 g/mol. The highest BCUT2D eigenvalue weighted by Crippen LogP contribution is 2.48. The molecule has 16 heteroatoms. The van der Waals surface area contributed by atoms with Gasteiger partial charge in [0.2, 0.25) is 0 Å². The molecular weight excluding hydrogens is 765 g/mol. The largest absolute Gasteiger partial charge is 0.437 e. The Morgan fingerprint density at radius 2 is 0.820 bits per heavy atom. The average Bonchev–Trinajstić information content (AvgIpc) is 3.68. The van der Waals surface area contributed by atoms with Crippen LogP contribution in [0.5, 0.6) is 0 Å². The van der Waals surface area contributed by atoms with Crippen LogP contribution in [0, 0.1) is 0 Å². The van der Waals surface area contributed by atoms with E-state index in [0.29, 0.717) is 24.2 Å². The van der Waals surface area contributed by atoms with Crippen molar-refractivity contribution in [3.63, 3.8) is 0 Å². The minimum absolute atomic E-state index is 0.0911. The Kier molecular flexibility index (Phi) is 12.8. The van der Waals surface area contributed by atoms with Crippen molar-refractivity contribution in [1.82, 2.24) is 9.80 Å². The highest BCUT2D eigenvalue weighted by Gasteiger charge is 2.50. The van der Waals surface area contributed by atoms with E-state index in [4.69, 9.17) is 16.5 Å². The summed E-state index contributed by atoms with van der Waals surface area (Å²) in [5.41, 5.74) is 2.56. The minimum Gasteiger partial charge on any atom is -0.437 e. The fourth-order valence-electron chi connectivity index (χ4n) is 7.12. The zero-order valence-electron chi connectivity index (χ0n) is 32.9. The first kappa shape index (κ1) is 41.7. The fourth-order valence-corrected chi connectivity index (χ4v) is 33.7. The van der Waals surface area contributed by atoms with E-state index in [-0.39, 0.29) is 11.8 Å². The van der Waals surface area contributed by atoms with Crippen molar-refractivity contribution in [2.24, 2.45) is 0 Å². The number of hydrogen-bond acceptors (Lipinski definition) is 8. The third-order valence-corrected chi connectivity index (χ3v) is 28.8. The van der Waals surface area contributed by atoms with Crippen LogP contribution in [-0.2, 0) is 26.0 Å². The first-order chi connectivity index (χ1) is 22.8. The number of rotatable bonds is 18. The molecule has 0 bridgehead atoms. The minimum atomic E-state index is -2.50. The maximum absolute atomic E-state index is 14.6. The van der Waals surface area contributed by atoms with Gasteiger partial charge in [0.1, 0.15) is 0 Å². The molecule has 50 heavy (non-hydrogen) atoms. The van der Waals surface area contributed by atoms with Crippen LogP contribution >= 0.6 is 22.7 Å². The second kappa shape index (κ2) is 15.4. The van der Waals surface area contributed by atoms with Crippen LogP contribution in [0.25, 0.3) is 11.4 Å². The molecule has 0 saturated heterocycles. The van der Waals surface area contributed by atoms with Gasteiger partial charge in [0.25, 0.3) is 11.8 Å². The van der Waals surface area contributed by atoms with Gasteiger partial charge in [-0.05, 0) is 139 Å². The van der Waals surface area contributed by atoms with Gasteiger partial charge < -0.3 is 26.3 Å². The summed E-state index contributed by atoms with van der Waals surface area (Å²) in [6, 6.07) is 9.61. The van der Waals surface area contributed by atoms with E-state index >= 15 is 0 Å². The van der Waals surface area contributed by atoms with Crippen molar-refractivity contribution in [3.8, 4) is 0 Å². The number of carbonyl (C=O) groups excluding carboxylic acids is 2. The predicted octanol–water partition coefficient (Wildman–Crippen LogP) is 9.95. The topological polar surface area (TPSA) is 77.5 Å². The molecule has 0 saturated carbocycles. The Balaban J connectivity index is 1.67. The second-order valence-corrected chi connectivity index (χ2v) is 45.2. The van der Waals surface area contributed by atoms with Crippen LogP contribution in [0.15, 0.2) is 46.2 Å². The summed E-state index contributed by atoms with van der Waals surface area (Å²) < 4.78 is 27.1. The fraction of sp³-hybridized carbons (Fsp3) is 0.588. The molecule has 4 rings (SSSR count). The molecule has 0 atom stereocenters. The maximum atomic E-state index is 14.6. The zero-order chi connectivity index (χ0) is 37.5. The van der Waals surface area contributed by atoms with E-state index in [9.17, 15) is 9.59 Å². The molecule has 2 aromatic rings. The lowest BCUT2D eigenvalue weighted by atomic mass is 10.1. The highest BCUT2D eigenvalue weighted by atomic mass is 32.1. The van der Waals surface area contributed by atoms with Gasteiger partial charge in [-0.25, -0.2) is 0 Å². The summed E-state index contributed by atoms with van der Waals surface area (Å²) in [5, 5.41) is 4.03. The third kappa shape index (κ3) is 11.0. The molecule has 8 nitrogen and oxygen atoms in total. The van der Waals surface area contributed by atoms with E-state index in [1.54, 1.807) is 22.7 Å². The van der Waals surface area contributed by atoms with Crippen LogP contribution in [0.2, 0.25) is 104 Å². The van der Waals surface area contributed by atoms with Gasteiger partial charge in [0, 0.05) is 13.1 Å². The lowest BCUT2D eigenvalue weighted by Crippen LogP contribution is -2.52. The molecule has 0 aromatic carbocycles. The van der Waals surface area contributed by atoms with Crippen molar-refractivity contribution >= 4 is 96.3 Å². The molecular formula is C34H60N2O6S2Si6. The van der Waals surface area contributed by atoms with Crippen molar-refractivity contribution < 1.29 is 26.0 Å². The molecule has 0 aliphatic carbocycles. The van der Waals surface area contributed by atoms with Crippen molar-refractivity contribution in [1.29, 1.82) is 0 Å². The normalized spacial score (nSPS) is 16.8. The van der Waals surface area contributed by atoms with Gasteiger partial charge >= 0.3 is 17.1 Å². The quantitative estimate of drug-likeness (QED) is 0.139. The molecule has 2 aliphatic heterocycles. The van der Waals surface area contributed by atoms with Gasteiger partial charge in [-0.2, -0.15) is 0 Å². The molecule has 0 N–H and O–H groups in total. The first-order valence-corrected chi connectivity index (χ1v) is 38.3. The molecule has 2 aliphatic rings. The lowest BCUT2D eigenvalue weighted by Gasteiger charge is -2.39. The third-order valence-electron chi connectivity index (χ3n) is 7.80. The van der Waals surface area contributed by atoms with Crippen LogP contribution in [-0.4, -0.2) is 85.1 Å². The van der Waals surface area contributed by atoms with Crippen LogP contribution in [0.3, 0.4) is 0 Å². The summed E-state index contributed by atoms with van der Waals surface area (Å²) >= 11 is 3.14. The van der Waals surface area contributed by atoms with Crippen molar-refractivity contribution in [2.45, 2.75) is 117 Å². The van der Waals surface area contributed by atoms with E-state index in [1.165, 1.54) is 0 Å². The lowest BCUT2D eigenvalue weighted by molar-refractivity contribution is -0.124. The SMILES string of the molecule is C[Si](C)(C)O[Si](C)(CCCN1C(=O)C2=C(c3cccs3)N(CCC[Si](C)(O[Si](C)(C)C)O[Si](C)(C)C)C(=O)C2=C1c1cccs1)O[Si](C)(C)C. The van der Waals surface area contributed by atoms with Crippen molar-refractivity contribution in [2.75, 3.05) is 13.1 Å². The number of thiophene rings is 2. The Hall–Kier alpha value is -1.04. The van der Waals surface area contributed by atoms with Crippen LogP contribution in [0.1, 0.15) is 22.6 Å². The zero-order valence-corrected chi connectivity index (χ0v) is 40.5. The molecule has 0 spiro atoms. The number of nitrogens with zero attached hydrogens (tertiary/aromatic N) is 2. The van der Waals surface area contributed by atoms with E-state index in [0.717, 1.165) is 46.1 Å². The van der Waals surface area contributed by atoms with Crippen LogP contribution < -0.4 is 0 Å². The molecule has 4 heterocycles. The molecule has 0 unspecified atom stereocenters.